The third-order valence-corrected chi connectivity index (χ3v) is 5.21. The molecule has 2 heterocycles. The average molecular weight is 399 g/mol. The summed E-state index contributed by atoms with van der Waals surface area (Å²) in [5, 5.41) is 3.47. The molecular formula is C20H19ClN4O3. The van der Waals surface area contributed by atoms with E-state index in [1.165, 1.54) is 0 Å². The van der Waals surface area contributed by atoms with Crippen LogP contribution in [-0.2, 0) is 4.79 Å². The molecule has 0 bridgehead atoms. The maximum Gasteiger partial charge on any atom is 0.323 e. The molecule has 3 N–H and O–H groups in total. The van der Waals surface area contributed by atoms with E-state index in [1.54, 1.807) is 47.4 Å². The lowest BCUT2D eigenvalue weighted by Crippen LogP contribution is -2.43. The van der Waals surface area contributed by atoms with Gasteiger partial charge < -0.3 is 20.2 Å². The van der Waals surface area contributed by atoms with E-state index in [9.17, 15) is 14.4 Å². The van der Waals surface area contributed by atoms with Gasteiger partial charge >= 0.3 is 5.69 Å². The van der Waals surface area contributed by atoms with E-state index in [4.69, 9.17) is 11.6 Å². The fraction of sp³-hybridized carbons (Fsp3) is 0.250. The Hall–Kier alpha value is -3.06. The van der Waals surface area contributed by atoms with Crippen LogP contribution in [0.2, 0.25) is 5.02 Å². The van der Waals surface area contributed by atoms with E-state index in [0.717, 1.165) is 12.8 Å². The predicted octanol–water partition coefficient (Wildman–Crippen LogP) is 3.00. The monoisotopic (exact) mass is 398 g/mol. The number of nitrogens with zero attached hydrogens (tertiary/aromatic N) is 1. The van der Waals surface area contributed by atoms with Crippen molar-refractivity contribution in [1.29, 1.82) is 0 Å². The van der Waals surface area contributed by atoms with Gasteiger partial charge in [-0.05, 0) is 55.3 Å². The Kier molecular flexibility index (Phi) is 4.92. The molecule has 7 nitrogen and oxygen atoms in total. The second kappa shape index (κ2) is 7.52. The van der Waals surface area contributed by atoms with Crippen LogP contribution < -0.4 is 11.0 Å². The molecule has 0 aliphatic carbocycles. The van der Waals surface area contributed by atoms with Crippen molar-refractivity contribution in [2.75, 3.05) is 18.4 Å². The van der Waals surface area contributed by atoms with Gasteiger partial charge in [-0.2, -0.15) is 0 Å². The van der Waals surface area contributed by atoms with E-state index >= 15 is 0 Å². The molecule has 1 fully saturated rings. The molecule has 1 aliphatic heterocycles. The average Bonchev–Trinajstić information content (AvgIpc) is 3.07. The van der Waals surface area contributed by atoms with Gasteiger partial charge in [-0.15, -0.1) is 0 Å². The number of benzene rings is 2. The number of imidazole rings is 1. The zero-order chi connectivity index (χ0) is 19.7. The Bertz CT molecular complexity index is 1090. The number of fused-ring (bicyclic) bond motifs is 1. The van der Waals surface area contributed by atoms with Gasteiger partial charge in [-0.25, -0.2) is 4.79 Å². The van der Waals surface area contributed by atoms with E-state index in [-0.39, 0.29) is 23.4 Å². The number of H-pyrrole nitrogens is 2. The van der Waals surface area contributed by atoms with Crippen LogP contribution in [0.25, 0.3) is 11.0 Å². The first-order valence-corrected chi connectivity index (χ1v) is 9.45. The van der Waals surface area contributed by atoms with Crippen LogP contribution in [0.5, 0.6) is 0 Å². The van der Waals surface area contributed by atoms with Crippen LogP contribution in [-0.4, -0.2) is 39.8 Å². The smallest absolute Gasteiger partial charge is 0.323 e. The summed E-state index contributed by atoms with van der Waals surface area (Å²) in [5.74, 6) is -0.516. The topological polar surface area (TPSA) is 98.1 Å². The second-order valence-corrected chi connectivity index (χ2v) is 7.36. The number of anilines is 1. The van der Waals surface area contributed by atoms with Crippen molar-refractivity contribution in [1.82, 2.24) is 14.9 Å². The quantitative estimate of drug-likeness (QED) is 0.632. The van der Waals surface area contributed by atoms with E-state index in [1.807, 2.05) is 0 Å². The highest BCUT2D eigenvalue weighted by Gasteiger charge is 2.29. The summed E-state index contributed by atoms with van der Waals surface area (Å²) in [6.45, 7) is 0.998. The van der Waals surface area contributed by atoms with Crippen molar-refractivity contribution < 1.29 is 9.59 Å². The molecule has 3 aromatic rings. The summed E-state index contributed by atoms with van der Waals surface area (Å²) in [4.78, 5) is 43.8. The molecule has 1 aliphatic rings. The lowest BCUT2D eigenvalue weighted by Gasteiger charge is -2.32. The molecule has 0 saturated carbocycles. The van der Waals surface area contributed by atoms with Gasteiger partial charge in [0, 0.05) is 29.4 Å². The fourth-order valence-electron chi connectivity index (χ4n) is 3.51. The predicted molar refractivity (Wildman–Crippen MR) is 108 cm³/mol. The normalized spacial score (nSPS) is 16.9. The number of halogens is 1. The minimum Gasteiger partial charge on any atom is -0.338 e. The number of nitrogens with one attached hydrogen (secondary N) is 3. The summed E-state index contributed by atoms with van der Waals surface area (Å²) >= 11 is 5.88. The molecule has 2 aromatic carbocycles. The number of piperidine rings is 1. The third-order valence-electron chi connectivity index (χ3n) is 4.95. The summed E-state index contributed by atoms with van der Waals surface area (Å²) in [5.41, 5.74) is 2.19. The zero-order valence-corrected chi connectivity index (χ0v) is 15.8. The summed E-state index contributed by atoms with van der Waals surface area (Å²) < 4.78 is 0. The van der Waals surface area contributed by atoms with Gasteiger partial charge in [0.05, 0.1) is 17.0 Å². The Morgan fingerprint density at radius 1 is 1.07 bits per heavy atom. The number of carbonyl (C=O) groups excluding carboxylic acids is 2. The summed E-state index contributed by atoms with van der Waals surface area (Å²) in [6.07, 6.45) is 1.49. The van der Waals surface area contributed by atoms with Crippen molar-refractivity contribution in [3.63, 3.8) is 0 Å². The molecule has 0 spiro atoms. The van der Waals surface area contributed by atoms with Gasteiger partial charge in [0.15, 0.2) is 0 Å². The van der Waals surface area contributed by atoms with Gasteiger partial charge in [0.25, 0.3) is 5.91 Å². The maximum atomic E-state index is 12.7. The lowest BCUT2D eigenvalue weighted by atomic mass is 9.96. The van der Waals surface area contributed by atoms with Crippen molar-refractivity contribution in [2.24, 2.45) is 5.92 Å². The molecule has 144 valence electrons. The first kappa shape index (κ1) is 18.3. The molecule has 4 rings (SSSR count). The van der Waals surface area contributed by atoms with Crippen LogP contribution in [0.3, 0.4) is 0 Å². The van der Waals surface area contributed by atoms with E-state index in [2.05, 4.69) is 15.3 Å². The second-order valence-electron chi connectivity index (χ2n) is 6.93. The number of amides is 2. The molecule has 2 amide bonds. The molecular weight excluding hydrogens is 380 g/mol. The minimum atomic E-state index is -0.290. The molecule has 1 aromatic heterocycles. The van der Waals surface area contributed by atoms with Crippen LogP contribution in [0.15, 0.2) is 47.3 Å². The Morgan fingerprint density at radius 2 is 1.82 bits per heavy atom. The lowest BCUT2D eigenvalue weighted by molar-refractivity contribution is -0.121. The van der Waals surface area contributed by atoms with Crippen LogP contribution in [0.4, 0.5) is 5.69 Å². The highest BCUT2D eigenvalue weighted by atomic mass is 35.5. The van der Waals surface area contributed by atoms with Crippen molar-refractivity contribution in [3.05, 3.63) is 63.5 Å². The fourth-order valence-corrected chi connectivity index (χ4v) is 3.63. The largest absolute Gasteiger partial charge is 0.338 e. The minimum absolute atomic E-state index is 0.0968. The number of rotatable bonds is 3. The SMILES string of the molecule is O=C(Nc1ccc2[nH]c(=O)[nH]c2c1)C1CCCN(C(=O)c2ccc(Cl)cc2)C1. The van der Waals surface area contributed by atoms with E-state index < -0.39 is 0 Å². The van der Waals surface area contributed by atoms with Gasteiger partial charge in [0.2, 0.25) is 5.91 Å². The number of aromatic nitrogens is 2. The number of aromatic amines is 2. The van der Waals surface area contributed by atoms with Crippen LogP contribution >= 0.6 is 11.6 Å². The number of likely N-dealkylation sites (tertiary alicyclic amines) is 1. The van der Waals surface area contributed by atoms with Crippen LogP contribution in [0.1, 0.15) is 23.2 Å². The Balaban J connectivity index is 1.44. The molecule has 1 saturated heterocycles. The summed E-state index contributed by atoms with van der Waals surface area (Å²) in [7, 11) is 0. The van der Waals surface area contributed by atoms with Crippen LogP contribution in [0, 0.1) is 5.92 Å². The van der Waals surface area contributed by atoms with Gasteiger partial charge in [-0.1, -0.05) is 11.6 Å². The molecule has 0 radical (unpaired) electrons. The Labute approximate surface area is 165 Å². The molecule has 1 atom stereocenters. The standard InChI is InChI=1S/C20H19ClN4O3/c21-14-5-3-12(4-6-14)19(27)25-9-1-2-13(11-25)18(26)22-15-7-8-16-17(10-15)24-20(28)23-16/h3-8,10,13H,1-2,9,11H2,(H,22,26)(H2,23,24,28). The number of hydrogen-bond acceptors (Lipinski definition) is 3. The highest BCUT2D eigenvalue weighted by molar-refractivity contribution is 6.30. The van der Waals surface area contributed by atoms with Crippen molar-refractivity contribution >= 4 is 40.1 Å². The van der Waals surface area contributed by atoms with Crippen molar-refractivity contribution in [3.8, 4) is 0 Å². The molecule has 1 unspecified atom stereocenters. The van der Waals surface area contributed by atoms with Crippen molar-refractivity contribution in [2.45, 2.75) is 12.8 Å². The maximum absolute atomic E-state index is 12.7. The zero-order valence-electron chi connectivity index (χ0n) is 15.0. The first-order chi connectivity index (χ1) is 13.5. The Morgan fingerprint density at radius 3 is 2.61 bits per heavy atom. The number of hydrogen-bond donors (Lipinski definition) is 3. The first-order valence-electron chi connectivity index (χ1n) is 9.07. The van der Waals surface area contributed by atoms with E-state index in [0.29, 0.717) is 40.4 Å². The highest BCUT2D eigenvalue weighted by Crippen LogP contribution is 2.22. The summed E-state index contributed by atoms with van der Waals surface area (Å²) in [6, 6.07) is 11.9. The molecule has 28 heavy (non-hydrogen) atoms. The van der Waals surface area contributed by atoms with Gasteiger partial charge in [0.1, 0.15) is 0 Å². The third kappa shape index (κ3) is 3.80. The molecule has 8 heteroatoms. The number of carbonyl (C=O) groups is 2. The van der Waals surface area contributed by atoms with Gasteiger partial charge in [-0.3, -0.25) is 9.59 Å².